The van der Waals surface area contributed by atoms with Crippen LogP contribution in [0.2, 0.25) is 5.02 Å². The molecular formula is C9H6ClNO3. The molecule has 14 heavy (non-hydrogen) atoms. The summed E-state index contributed by atoms with van der Waals surface area (Å²) in [5.41, 5.74) is 0.370. The molecule has 2 aromatic rings. The molecule has 2 rings (SSSR count). The highest BCUT2D eigenvalue weighted by molar-refractivity contribution is 6.31. The molecule has 0 bridgehead atoms. The lowest BCUT2D eigenvalue weighted by atomic mass is 10.3. The highest BCUT2D eigenvalue weighted by Gasteiger charge is 2.12. The molecule has 0 unspecified atom stereocenters. The van der Waals surface area contributed by atoms with E-state index in [9.17, 15) is 4.79 Å². The predicted molar refractivity (Wildman–Crippen MR) is 50.4 cm³/mol. The van der Waals surface area contributed by atoms with Gasteiger partial charge in [0.2, 0.25) is 11.5 Å². The smallest absolute Gasteiger partial charge is 0.374 e. The van der Waals surface area contributed by atoms with Crippen molar-refractivity contribution < 1.29 is 13.9 Å². The van der Waals surface area contributed by atoms with Crippen molar-refractivity contribution in [2.75, 3.05) is 7.11 Å². The van der Waals surface area contributed by atoms with E-state index in [1.807, 2.05) is 0 Å². The third-order valence-electron chi connectivity index (χ3n) is 1.73. The van der Waals surface area contributed by atoms with E-state index in [0.717, 1.165) is 0 Å². The predicted octanol–water partition coefficient (Wildman–Crippen LogP) is 2.27. The summed E-state index contributed by atoms with van der Waals surface area (Å²) in [5, 5.41) is 1.17. The van der Waals surface area contributed by atoms with E-state index in [0.29, 0.717) is 16.1 Å². The average Bonchev–Trinajstić information content (AvgIpc) is 2.59. The molecule has 0 radical (unpaired) electrons. The normalized spacial score (nSPS) is 10.4. The molecule has 0 saturated carbocycles. The van der Waals surface area contributed by atoms with Crippen LogP contribution in [0.15, 0.2) is 22.7 Å². The summed E-state index contributed by atoms with van der Waals surface area (Å²) in [7, 11) is 1.29. The Labute approximate surface area is 84.4 Å². The minimum atomic E-state index is -0.529. The van der Waals surface area contributed by atoms with Crippen molar-refractivity contribution >= 4 is 28.7 Å². The molecule has 0 N–H and O–H groups in total. The summed E-state index contributed by atoms with van der Waals surface area (Å²) in [5.74, 6) is -0.406. The van der Waals surface area contributed by atoms with Gasteiger partial charge in [-0.3, -0.25) is 0 Å². The third kappa shape index (κ3) is 1.44. The maximum atomic E-state index is 11.1. The van der Waals surface area contributed by atoms with Crippen LogP contribution in [0.5, 0.6) is 0 Å². The molecule has 0 aliphatic heterocycles. The van der Waals surface area contributed by atoms with Crippen LogP contribution in [0.4, 0.5) is 0 Å². The van der Waals surface area contributed by atoms with Crippen LogP contribution in [-0.2, 0) is 4.74 Å². The summed E-state index contributed by atoms with van der Waals surface area (Å²) < 4.78 is 9.63. The maximum Gasteiger partial charge on any atom is 0.374 e. The Morgan fingerprint density at radius 2 is 2.36 bits per heavy atom. The second kappa shape index (κ2) is 3.31. The molecule has 72 valence electrons. The van der Waals surface area contributed by atoms with Crippen LogP contribution in [0.1, 0.15) is 10.6 Å². The van der Waals surface area contributed by atoms with Crippen molar-refractivity contribution in [2.24, 2.45) is 0 Å². The second-order valence-corrected chi connectivity index (χ2v) is 3.09. The first-order valence-electron chi connectivity index (χ1n) is 3.84. The van der Waals surface area contributed by atoms with E-state index >= 15 is 0 Å². The summed E-state index contributed by atoms with van der Waals surface area (Å²) in [6.45, 7) is 0. The van der Waals surface area contributed by atoms with E-state index in [2.05, 4.69) is 9.72 Å². The van der Waals surface area contributed by atoms with Gasteiger partial charge in [-0.15, -0.1) is 0 Å². The number of furan rings is 1. The number of carbonyl (C=O) groups excluding carboxylic acids is 1. The van der Waals surface area contributed by atoms with Crippen LogP contribution in [0, 0.1) is 0 Å². The van der Waals surface area contributed by atoms with E-state index in [1.165, 1.54) is 13.3 Å². The Bertz CT molecular complexity index is 492. The molecule has 0 atom stereocenters. The van der Waals surface area contributed by atoms with Crippen molar-refractivity contribution in [3.8, 4) is 0 Å². The van der Waals surface area contributed by atoms with Gasteiger partial charge in [0.1, 0.15) is 0 Å². The van der Waals surface area contributed by atoms with Gasteiger partial charge >= 0.3 is 5.97 Å². The Morgan fingerprint density at radius 1 is 1.57 bits per heavy atom. The van der Waals surface area contributed by atoms with E-state index < -0.39 is 5.97 Å². The van der Waals surface area contributed by atoms with Crippen LogP contribution < -0.4 is 0 Å². The number of nitrogens with zero attached hydrogens (tertiary/aromatic N) is 1. The average molecular weight is 212 g/mol. The molecule has 0 spiro atoms. The van der Waals surface area contributed by atoms with Gasteiger partial charge in [-0.1, -0.05) is 11.6 Å². The zero-order valence-corrected chi connectivity index (χ0v) is 8.04. The molecule has 2 heterocycles. The molecule has 2 aromatic heterocycles. The number of rotatable bonds is 1. The lowest BCUT2D eigenvalue weighted by Gasteiger charge is -1.90. The molecule has 5 heteroatoms. The van der Waals surface area contributed by atoms with Crippen LogP contribution in [0.3, 0.4) is 0 Å². The fourth-order valence-corrected chi connectivity index (χ4v) is 1.27. The third-order valence-corrected chi connectivity index (χ3v) is 1.93. The van der Waals surface area contributed by atoms with Gasteiger partial charge in [0.25, 0.3) is 0 Å². The number of hydrogen-bond acceptors (Lipinski definition) is 4. The van der Waals surface area contributed by atoms with Gasteiger partial charge in [0.05, 0.1) is 12.1 Å². The Kier molecular flexibility index (Phi) is 2.13. The summed E-state index contributed by atoms with van der Waals surface area (Å²) in [6.07, 6.45) is 1.45. The summed E-state index contributed by atoms with van der Waals surface area (Å²) >= 11 is 5.72. The minimum Gasteiger partial charge on any atom is -0.463 e. The first-order valence-corrected chi connectivity index (χ1v) is 4.22. The molecule has 0 amide bonds. The first kappa shape index (κ1) is 9.02. The van der Waals surface area contributed by atoms with Crippen LogP contribution >= 0.6 is 11.6 Å². The monoisotopic (exact) mass is 211 g/mol. The number of ether oxygens (including phenoxy) is 1. The molecule has 0 saturated heterocycles. The quantitative estimate of drug-likeness (QED) is 0.679. The molecule has 0 aliphatic carbocycles. The van der Waals surface area contributed by atoms with Crippen molar-refractivity contribution in [2.45, 2.75) is 0 Å². The second-order valence-electron chi connectivity index (χ2n) is 2.65. The van der Waals surface area contributed by atoms with Crippen LogP contribution in [0.25, 0.3) is 11.1 Å². The zero-order chi connectivity index (χ0) is 10.1. The van der Waals surface area contributed by atoms with Gasteiger partial charge < -0.3 is 9.15 Å². The minimum absolute atomic E-state index is 0.122. The zero-order valence-electron chi connectivity index (χ0n) is 7.28. The highest BCUT2D eigenvalue weighted by Crippen LogP contribution is 2.20. The lowest BCUT2D eigenvalue weighted by Crippen LogP contribution is -1.97. The summed E-state index contributed by atoms with van der Waals surface area (Å²) in [6, 6.07) is 3.21. The maximum absolute atomic E-state index is 11.1. The molecule has 0 fully saturated rings. The van der Waals surface area contributed by atoms with Crippen LogP contribution in [-0.4, -0.2) is 18.1 Å². The van der Waals surface area contributed by atoms with Gasteiger partial charge in [-0.25, -0.2) is 9.78 Å². The SMILES string of the molecule is COC(=O)c1cc2cc(Cl)cnc2o1. The topological polar surface area (TPSA) is 52.3 Å². The lowest BCUT2D eigenvalue weighted by molar-refractivity contribution is 0.0567. The van der Waals surface area contributed by atoms with E-state index in [4.69, 9.17) is 16.0 Å². The van der Waals surface area contributed by atoms with E-state index in [1.54, 1.807) is 12.1 Å². The van der Waals surface area contributed by atoms with Gasteiger partial charge in [-0.05, 0) is 6.07 Å². The number of halogens is 1. The van der Waals surface area contributed by atoms with Crippen molar-refractivity contribution in [3.05, 3.63) is 29.1 Å². The standard InChI is InChI=1S/C9H6ClNO3/c1-13-9(12)7-3-5-2-6(10)4-11-8(5)14-7/h2-4H,1H3. The van der Waals surface area contributed by atoms with Crippen molar-refractivity contribution in [1.29, 1.82) is 0 Å². The number of esters is 1. The van der Waals surface area contributed by atoms with Gasteiger partial charge in [0, 0.05) is 17.6 Å². The molecule has 4 nitrogen and oxygen atoms in total. The van der Waals surface area contributed by atoms with E-state index in [-0.39, 0.29) is 5.76 Å². The fraction of sp³-hybridized carbons (Fsp3) is 0.111. The molecule has 0 aromatic carbocycles. The Balaban J connectivity index is 2.56. The largest absolute Gasteiger partial charge is 0.463 e. The Morgan fingerprint density at radius 3 is 3.07 bits per heavy atom. The summed E-state index contributed by atoms with van der Waals surface area (Å²) in [4.78, 5) is 15.0. The molecular weight excluding hydrogens is 206 g/mol. The van der Waals surface area contributed by atoms with Gasteiger partial charge in [-0.2, -0.15) is 0 Å². The van der Waals surface area contributed by atoms with Crippen molar-refractivity contribution in [3.63, 3.8) is 0 Å². The molecule has 0 aliphatic rings. The first-order chi connectivity index (χ1) is 6.70. The number of hydrogen-bond donors (Lipinski definition) is 0. The highest BCUT2D eigenvalue weighted by atomic mass is 35.5. The number of aromatic nitrogens is 1. The number of fused-ring (bicyclic) bond motifs is 1. The van der Waals surface area contributed by atoms with Crippen molar-refractivity contribution in [1.82, 2.24) is 4.98 Å². The number of methoxy groups -OCH3 is 1. The number of carbonyl (C=O) groups is 1. The fourth-order valence-electron chi connectivity index (χ4n) is 1.11. The number of pyridine rings is 1. The van der Waals surface area contributed by atoms with Gasteiger partial charge in [0.15, 0.2) is 0 Å². The Hall–Kier alpha value is -1.55.